The van der Waals surface area contributed by atoms with Crippen LogP contribution in [0.3, 0.4) is 0 Å². The van der Waals surface area contributed by atoms with Gasteiger partial charge >= 0.3 is 0 Å². The number of rotatable bonds is 6. The number of guanidine groups is 1. The Balaban J connectivity index is 0.00000312. The maximum atomic E-state index is 4.81. The van der Waals surface area contributed by atoms with Crippen LogP contribution in [-0.2, 0) is 6.54 Å². The van der Waals surface area contributed by atoms with Crippen molar-refractivity contribution in [1.82, 2.24) is 20.4 Å². The summed E-state index contributed by atoms with van der Waals surface area (Å²) in [6.07, 6.45) is 5.16. The maximum absolute atomic E-state index is 4.81. The molecule has 144 valence electrons. The third-order valence-corrected chi connectivity index (χ3v) is 4.85. The molecule has 25 heavy (non-hydrogen) atoms. The minimum atomic E-state index is 0. The maximum Gasteiger partial charge on any atom is 0.191 e. The second kappa shape index (κ2) is 11.0. The van der Waals surface area contributed by atoms with E-state index in [1.165, 1.54) is 31.4 Å². The first-order valence-corrected chi connectivity index (χ1v) is 9.53. The van der Waals surface area contributed by atoms with Crippen molar-refractivity contribution in [3.63, 3.8) is 0 Å². The highest BCUT2D eigenvalue weighted by Crippen LogP contribution is 2.23. The molecule has 1 unspecified atom stereocenters. The third-order valence-electron chi connectivity index (χ3n) is 4.85. The second-order valence-corrected chi connectivity index (χ2v) is 7.54. The van der Waals surface area contributed by atoms with Gasteiger partial charge in [0.15, 0.2) is 5.96 Å². The predicted molar refractivity (Wildman–Crippen MR) is 117 cm³/mol. The average molecular weight is 461 g/mol. The molecule has 0 bridgehead atoms. The highest BCUT2D eigenvalue weighted by molar-refractivity contribution is 14.0. The normalized spacial score (nSPS) is 22.2. The fourth-order valence-electron chi connectivity index (χ4n) is 3.38. The van der Waals surface area contributed by atoms with Crippen LogP contribution >= 0.6 is 24.0 Å². The molecule has 6 heteroatoms. The molecule has 1 saturated carbocycles. The topological polar surface area (TPSA) is 54.2 Å². The second-order valence-electron chi connectivity index (χ2n) is 7.54. The zero-order chi connectivity index (χ0) is 17.5. The number of aliphatic imine (C=N–C) groups is 1. The van der Waals surface area contributed by atoms with Crippen LogP contribution in [-0.4, -0.2) is 34.9 Å². The molecular weight excluding hydrogens is 425 g/mol. The summed E-state index contributed by atoms with van der Waals surface area (Å²) in [7, 11) is 0. The van der Waals surface area contributed by atoms with Crippen molar-refractivity contribution >= 4 is 29.9 Å². The van der Waals surface area contributed by atoms with Gasteiger partial charge < -0.3 is 10.6 Å². The smallest absolute Gasteiger partial charge is 0.191 e. The first-order valence-electron chi connectivity index (χ1n) is 9.53. The van der Waals surface area contributed by atoms with Gasteiger partial charge in [-0.25, -0.2) is 0 Å². The van der Waals surface area contributed by atoms with E-state index in [4.69, 9.17) is 4.99 Å². The fourth-order valence-corrected chi connectivity index (χ4v) is 3.38. The zero-order valence-electron chi connectivity index (χ0n) is 16.5. The minimum Gasteiger partial charge on any atom is -0.357 e. The van der Waals surface area contributed by atoms with E-state index >= 15 is 0 Å². The van der Waals surface area contributed by atoms with Gasteiger partial charge in [-0.05, 0) is 64.4 Å². The molecular formula is C19H36IN5. The highest BCUT2D eigenvalue weighted by Gasteiger charge is 2.19. The Hall–Kier alpha value is -0.790. The molecule has 0 amide bonds. The number of aromatic nitrogens is 2. The summed E-state index contributed by atoms with van der Waals surface area (Å²) in [5.74, 6) is 2.31. The molecule has 5 nitrogen and oxygen atoms in total. The first kappa shape index (κ1) is 22.3. The summed E-state index contributed by atoms with van der Waals surface area (Å²) in [6.45, 7) is 13.5. The van der Waals surface area contributed by atoms with E-state index < -0.39 is 0 Å². The van der Waals surface area contributed by atoms with Crippen LogP contribution in [0.25, 0.3) is 0 Å². The molecule has 2 rings (SSSR count). The number of nitrogens with zero attached hydrogens (tertiary/aromatic N) is 3. The van der Waals surface area contributed by atoms with Gasteiger partial charge in [0.05, 0.1) is 5.69 Å². The quantitative estimate of drug-likeness (QED) is 0.384. The number of hydrogen-bond acceptors (Lipinski definition) is 2. The molecule has 2 N–H and O–H groups in total. The summed E-state index contributed by atoms with van der Waals surface area (Å²) in [5, 5.41) is 11.6. The van der Waals surface area contributed by atoms with Crippen molar-refractivity contribution in [1.29, 1.82) is 0 Å². The SMILES string of the molecule is CCNC(=NCC(C)Cn1nc(C)cc1C)NC1CCC(C)CC1.I. The summed E-state index contributed by atoms with van der Waals surface area (Å²) >= 11 is 0. The third kappa shape index (κ3) is 7.54. The van der Waals surface area contributed by atoms with Crippen LogP contribution in [0.1, 0.15) is 57.8 Å². The largest absolute Gasteiger partial charge is 0.357 e. The molecule has 0 aromatic carbocycles. The van der Waals surface area contributed by atoms with Crippen LogP contribution in [0.2, 0.25) is 0 Å². The Morgan fingerprint density at radius 1 is 1.32 bits per heavy atom. The van der Waals surface area contributed by atoms with Crippen LogP contribution in [0.5, 0.6) is 0 Å². The lowest BCUT2D eigenvalue weighted by Gasteiger charge is -2.28. The van der Waals surface area contributed by atoms with E-state index in [0.717, 1.165) is 37.2 Å². The van der Waals surface area contributed by atoms with Crippen LogP contribution in [0.15, 0.2) is 11.1 Å². The van der Waals surface area contributed by atoms with Crippen LogP contribution < -0.4 is 10.6 Å². The minimum absolute atomic E-state index is 0. The molecule has 1 aromatic heterocycles. The van der Waals surface area contributed by atoms with E-state index in [1.807, 2.05) is 6.92 Å². The lowest BCUT2D eigenvalue weighted by Crippen LogP contribution is -2.45. The monoisotopic (exact) mass is 461 g/mol. The van der Waals surface area contributed by atoms with Gasteiger partial charge in [0.2, 0.25) is 0 Å². The van der Waals surface area contributed by atoms with Gasteiger partial charge in [-0.2, -0.15) is 5.10 Å². The highest BCUT2D eigenvalue weighted by atomic mass is 127. The van der Waals surface area contributed by atoms with E-state index in [0.29, 0.717) is 12.0 Å². The molecule has 1 heterocycles. The number of nitrogens with one attached hydrogen (secondary N) is 2. The molecule has 1 aromatic rings. The summed E-state index contributed by atoms with van der Waals surface area (Å²) < 4.78 is 2.10. The Morgan fingerprint density at radius 2 is 2.00 bits per heavy atom. The van der Waals surface area contributed by atoms with Crippen LogP contribution in [0.4, 0.5) is 0 Å². The number of halogens is 1. The van der Waals surface area contributed by atoms with Gasteiger partial charge in [0.1, 0.15) is 0 Å². The summed E-state index contributed by atoms with van der Waals surface area (Å²) in [4.78, 5) is 4.81. The lowest BCUT2D eigenvalue weighted by atomic mass is 9.87. The molecule has 0 aliphatic heterocycles. The Morgan fingerprint density at radius 3 is 2.56 bits per heavy atom. The zero-order valence-corrected chi connectivity index (χ0v) is 18.8. The predicted octanol–water partition coefficient (Wildman–Crippen LogP) is 3.89. The molecule has 0 saturated heterocycles. The standard InChI is InChI=1S/C19H35N5.HI/c1-6-20-19(22-18-9-7-14(2)8-10-18)21-12-15(3)13-24-17(5)11-16(4)23-24;/h11,14-15,18H,6-10,12-13H2,1-5H3,(H2,20,21,22);1H. The van der Waals surface area contributed by atoms with E-state index in [-0.39, 0.29) is 24.0 Å². The average Bonchev–Trinajstić information content (AvgIpc) is 2.85. The molecule has 1 aliphatic carbocycles. The van der Waals surface area contributed by atoms with Gasteiger partial charge in [-0.1, -0.05) is 13.8 Å². The van der Waals surface area contributed by atoms with E-state index in [9.17, 15) is 0 Å². The van der Waals surface area contributed by atoms with Crippen molar-refractivity contribution in [3.8, 4) is 0 Å². The van der Waals surface area contributed by atoms with Gasteiger partial charge in [0.25, 0.3) is 0 Å². The Labute approximate surface area is 170 Å². The first-order chi connectivity index (χ1) is 11.5. The molecule has 0 radical (unpaired) electrons. The molecule has 0 spiro atoms. The Bertz CT molecular complexity index is 532. The van der Waals surface area contributed by atoms with Gasteiger partial charge in [0, 0.05) is 31.4 Å². The summed E-state index contributed by atoms with van der Waals surface area (Å²) in [5.41, 5.74) is 2.31. The van der Waals surface area contributed by atoms with Crippen molar-refractivity contribution in [2.45, 2.75) is 72.9 Å². The molecule has 1 atom stereocenters. The molecule has 1 aliphatic rings. The Kier molecular flexibility index (Phi) is 9.82. The lowest BCUT2D eigenvalue weighted by molar-refractivity contribution is 0.329. The van der Waals surface area contributed by atoms with Crippen molar-refractivity contribution in [2.75, 3.05) is 13.1 Å². The van der Waals surface area contributed by atoms with Crippen molar-refractivity contribution in [2.24, 2.45) is 16.8 Å². The number of aryl methyl sites for hydroxylation is 2. The number of hydrogen-bond donors (Lipinski definition) is 2. The van der Waals surface area contributed by atoms with Gasteiger partial charge in [-0.3, -0.25) is 9.67 Å². The fraction of sp³-hybridized carbons (Fsp3) is 0.789. The van der Waals surface area contributed by atoms with Crippen LogP contribution in [0, 0.1) is 25.7 Å². The van der Waals surface area contributed by atoms with Crippen molar-refractivity contribution < 1.29 is 0 Å². The molecule has 1 fully saturated rings. The summed E-state index contributed by atoms with van der Waals surface area (Å²) in [6, 6.07) is 2.71. The van der Waals surface area contributed by atoms with Crippen molar-refractivity contribution in [3.05, 3.63) is 17.5 Å². The van der Waals surface area contributed by atoms with E-state index in [2.05, 4.69) is 54.2 Å². The van der Waals surface area contributed by atoms with Gasteiger partial charge in [-0.15, -0.1) is 24.0 Å². The van der Waals surface area contributed by atoms with E-state index in [1.54, 1.807) is 0 Å².